The fourth-order valence-electron chi connectivity index (χ4n) is 0.642. The number of para-hydroxylation sites is 1. The highest BCUT2D eigenvalue weighted by molar-refractivity contribution is 5.72. The second-order valence-electron chi connectivity index (χ2n) is 2.93. The molecule has 0 saturated carbocycles. The number of hydrogen-bond acceptors (Lipinski definition) is 3. The lowest BCUT2D eigenvalue weighted by Gasteiger charge is -1.98. The molecule has 0 saturated heterocycles. The van der Waals surface area contributed by atoms with Gasteiger partial charge in [-0.3, -0.25) is 4.79 Å². The third-order valence-corrected chi connectivity index (χ3v) is 1.45. The van der Waals surface area contributed by atoms with Crippen LogP contribution in [0.1, 0.15) is 6.92 Å². The highest BCUT2D eigenvalue weighted by Gasteiger charge is 1.99. The number of carboxylic acid groups (broad SMARTS) is 1. The van der Waals surface area contributed by atoms with Crippen LogP contribution in [0.2, 0.25) is 0 Å². The minimum atomic E-state index is -0.963. The SMILES string of the molecule is C#CCOc1ccccc1.CC(N)C(=O)O. The lowest BCUT2D eigenvalue weighted by atomic mass is 10.3. The minimum absolute atomic E-state index is 0.337. The minimum Gasteiger partial charge on any atom is -0.481 e. The Labute approximate surface area is 95.0 Å². The van der Waals surface area contributed by atoms with Crippen molar-refractivity contribution in [3.05, 3.63) is 30.3 Å². The Bertz CT molecular complexity index is 341. The van der Waals surface area contributed by atoms with Gasteiger partial charge < -0.3 is 15.6 Å². The molecule has 0 spiro atoms. The van der Waals surface area contributed by atoms with Crippen molar-refractivity contribution in [2.45, 2.75) is 13.0 Å². The molecule has 1 atom stereocenters. The van der Waals surface area contributed by atoms with Crippen LogP contribution in [0.3, 0.4) is 0 Å². The molecule has 0 aliphatic carbocycles. The van der Waals surface area contributed by atoms with Gasteiger partial charge in [-0.25, -0.2) is 0 Å². The number of terminal acetylenes is 1. The first-order valence-corrected chi connectivity index (χ1v) is 4.67. The Morgan fingerprint density at radius 2 is 2.06 bits per heavy atom. The van der Waals surface area contributed by atoms with E-state index in [9.17, 15) is 4.79 Å². The Kier molecular flexibility index (Phi) is 7.29. The van der Waals surface area contributed by atoms with E-state index in [-0.39, 0.29) is 0 Å². The van der Waals surface area contributed by atoms with Gasteiger partial charge in [-0.15, -0.1) is 6.42 Å². The fraction of sp³-hybridized carbons (Fsp3) is 0.250. The van der Waals surface area contributed by atoms with Crippen molar-refractivity contribution in [2.75, 3.05) is 6.61 Å². The van der Waals surface area contributed by atoms with Gasteiger partial charge in [-0.2, -0.15) is 0 Å². The van der Waals surface area contributed by atoms with Crippen molar-refractivity contribution in [3.8, 4) is 18.1 Å². The molecule has 0 aliphatic rings. The lowest BCUT2D eigenvalue weighted by molar-refractivity contribution is -0.138. The Hall–Kier alpha value is -1.99. The summed E-state index contributed by atoms with van der Waals surface area (Å²) in [7, 11) is 0. The van der Waals surface area contributed by atoms with Crippen LogP contribution in [0.15, 0.2) is 30.3 Å². The van der Waals surface area contributed by atoms with Gasteiger partial charge in [0.15, 0.2) is 0 Å². The van der Waals surface area contributed by atoms with E-state index < -0.39 is 12.0 Å². The van der Waals surface area contributed by atoms with Crippen molar-refractivity contribution < 1.29 is 14.6 Å². The molecule has 1 unspecified atom stereocenters. The average Bonchev–Trinajstić information content (AvgIpc) is 2.28. The largest absolute Gasteiger partial charge is 0.481 e. The number of aliphatic carboxylic acids is 1. The van der Waals surface area contributed by atoms with E-state index in [2.05, 4.69) is 5.92 Å². The molecule has 0 radical (unpaired) electrons. The Morgan fingerprint density at radius 3 is 2.44 bits per heavy atom. The third-order valence-electron chi connectivity index (χ3n) is 1.45. The molecule has 1 rings (SSSR count). The molecular formula is C12H15NO3. The number of carbonyl (C=O) groups is 1. The zero-order valence-electron chi connectivity index (χ0n) is 9.09. The maximum absolute atomic E-state index is 9.57. The zero-order valence-corrected chi connectivity index (χ0v) is 9.09. The molecule has 0 bridgehead atoms. The summed E-state index contributed by atoms with van der Waals surface area (Å²) in [6, 6.07) is 8.76. The van der Waals surface area contributed by atoms with Gasteiger partial charge >= 0.3 is 5.97 Å². The molecule has 1 aromatic carbocycles. The molecule has 16 heavy (non-hydrogen) atoms. The predicted octanol–water partition coefficient (Wildman–Crippen LogP) is 1.12. The van der Waals surface area contributed by atoms with E-state index in [1.807, 2.05) is 30.3 Å². The van der Waals surface area contributed by atoms with Crippen LogP contribution in [-0.4, -0.2) is 23.7 Å². The summed E-state index contributed by atoms with van der Waals surface area (Å²) >= 11 is 0. The van der Waals surface area contributed by atoms with Crippen molar-refractivity contribution in [1.82, 2.24) is 0 Å². The number of benzene rings is 1. The molecule has 4 nitrogen and oxygen atoms in total. The molecule has 86 valence electrons. The zero-order chi connectivity index (χ0) is 12.4. The summed E-state index contributed by atoms with van der Waals surface area (Å²) in [6.07, 6.45) is 5.00. The quantitative estimate of drug-likeness (QED) is 0.750. The first-order valence-electron chi connectivity index (χ1n) is 4.67. The molecule has 4 heteroatoms. The number of nitrogens with two attached hydrogens (primary N) is 1. The van der Waals surface area contributed by atoms with Gasteiger partial charge in [-0.1, -0.05) is 24.1 Å². The van der Waals surface area contributed by atoms with E-state index >= 15 is 0 Å². The van der Waals surface area contributed by atoms with Crippen LogP contribution in [0.25, 0.3) is 0 Å². The highest BCUT2D eigenvalue weighted by atomic mass is 16.5. The van der Waals surface area contributed by atoms with Gasteiger partial charge in [0.2, 0.25) is 0 Å². The molecule has 3 N–H and O–H groups in total. The second kappa shape index (κ2) is 8.33. The van der Waals surface area contributed by atoms with E-state index in [1.165, 1.54) is 6.92 Å². The van der Waals surface area contributed by atoms with Gasteiger partial charge in [-0.05, 0) is 19.1 Å². The van der Waals surface area contributed by atoms with Crippen LogP contribution in [-0.2, 0) is 4.79 Å². The van der Waals surface area contributed by atoms with Crippen LogP contribution < -0.4 is 10.5 Å². The standard InChI is InChI=1S/C9H8O.C3H7NO2/c1-2-8-10-9-6-4-3-5-7-9;1-2(4)3(5)6/h1,3-7H,8H2;2H,4H2,1H3,(H,5,6). The molecule has 0 heterocycles. The van der Waals surface area contributed by atoms with Crippen molar-refractivity contribution >= 4 is 5.97 Å². The molecule has 0 fully saturated rings. The normalized spacial score (nSPS) is 10.3. The lowest BCUT2D eigenvalue weighted by Crippen LogP contribution is -2.25. The highest BCUT2D eigenvalue weighted by Crippen LogP contribution is 2.06. The van der Waals surface area contributed by atoms with Gasteiger partial charge in [0.05, 0.1) is 0 Å². The maximum Gasteiger partial charge on any atom is 0.320 e. The maximum atomic E-state index is 9.57. The van der Waals surface area contributed by atoms with Crippen LogP contribution in [0, 0.1) is 12.3 Å². The van der Waals surface area contributed by atoms with E-state index in [0.717, 1.165) is 5.75 Å². The Morgan fingerprint density at radius 1 is 1.56 bits per heavy atom. The van der Waals surface area contributed by atoms with Crippen molar-refractivity contribution in [3.63, 3.8) is 0 Å². The number of carboxylic acids is 1. The second-order valence-corrected chi connectivity index (χ2v) is 2.93. The summed E-state index contributed by atoms with van der Waals surface area (Å²) in [5.41, 5.74) is 4.84. The van der Waals surface area contributed by atoms with Crippen molar-refractivity contribution in [2.24, 2.45) is 5.73 Å². The van der Waals surface area contributed by atoms with E-state index in [0.29, 0.717) is 6.61 Å². The number of hydrogen-bond donors (Lipinski definition) is 2. The third kappa shape index (κ3) is 7.42. The van der Waals surface area contributed by atoms with E-state index in [4.69, 9.17) is 22.0 Å². The number of ether oxygens (including phenoxy) is 1. The van der Waals surface area contributed by atoms with E-state index in [1.54, 1.807) is 0 Å². The van der Waals surface area contributed by atoms with Gasteiger partial charge in [0, 0.05) is 0 Å². The van der Waals surface area contributed by atoms with Crippen molar-refractivity contribution in [1.29, 1.82) is 0 Å². The summed E-state index contributed by atoms with van der Waals surface area (Å²) in [6.45, 7) is 1.76. The summed E-state index contributed by atoms with van der Waals surface area (Å²) in [5, 5.41) is 7.87. The molecule has 0 amide bonds. The molecular weight excluding hydrogens is 206 g/mol. The summed E-state index contributed by atoms with van der Waals surface area (Å²) in [4.78, 5) is 9.57. The fourth-order valence-corrected chi connectivity index (χ4v) is 0.642. The predicted molar refractivity (Wildman–Crippen MR) is 62.1 cm³/mol. The smallest absolute Gasteiger partial charge is 0.320 e. The topological polar surface area (TPSA) is 72.5 Å². The summed E-state index contributed by atoms with van der Waals surface area (Å²) in [5.74, 6) is 2.25. The summed E-state index contributed by atoms with van der Waals surface area (Å²) < 4.78 is 5.12. The van der Waals surface area contributed by atoms with Crippen LogP contribution in [0.4, 0.5) is 0 Å². The monoisotopic (exact) mass is 221 g/mol. The Balaban J connectivity index is 0.000000325. The number of rotatable bonds is 3. The molecule has 0 aliphatic heterocycles. The first kappa shape index (κ1) is 14.0. The molecule has 0 aromatic heterocycles. The van der Waals surface area contributed by atoms with Gasteiger partial charge in [0.1, 0.15) is 18.4 Å². The average molecular weight is 221 g/mol. The van der Waals surface area contributed by atoms with Crippen LogP contribution in [0.5, 0.6) is 5.75 Å². The first-order chi connectivity index (χ1) is 7.57. The molecule has 1 aromatic rings. The van der Waals surface area contributed by atoms with Crippen LogP contribution >= 0.6 is 0 Å². The van der Waals surface area contributed by atoms with Gasteiger partial charge in [0.25, 0.3) is 0 Å².